The number of para-hydroxylation sites is 1. The maximum atomic E-state index is 14.0. The molecule has 6 aromatic carbocycles. The van der Waals surface area contributed by atoms with Crippen molar-refractivity contribution < 1.29 is 23.9 Å². The number of hydrogen-bond donors (Lipinski definition) is 3. The topological polar surface area (TPSA) is 177 Å². The van der Waals surface area contributed by atoms with Crippen molar-refractivity contribution in [2.24, 2.45) is 14.1 Å². The average Bonchev–Trinajstić information content (AvgIpc) is 3.60. The number of esters is 1. The quantitative estimate of drug-likeness (QED) is 0.0942. The van der Waals surface area contributed by atoms with Gasteiger partial charge in [0.05, 0.1) is 16.9 Å². The highest BCUT2D eigenvalue weighted by molar-refractivity contribution is 6.08. The van der Waals surface area contributed by atoms with Crippen LogP contribution in [0.15, 0.2) is 168 Å². The van der Waals surface area contributed by atoms with E-state index in [4.69, 9.17) is 9.72 Å². The van der Waals surface area contributed by atoms with Crippen LogP contribution in [0.1, 0.15) is 113 Å². The number of hydrogen-bond acceptors (Lipinski definition) is 10. The van der Waals surface area contributed by atoms with Crippen molar-refractivity contribution in [3.05, 3.63) is 218 Å². The van der Waals surface area contributed by atoms with Gasteiger partial charge in [-0.2, -0.15) is 0 Å². The lowest BCUT2D eigenvalue weighted by Gasteiger charge is -2.37. The molecule has 1 fully saturated rings. The molecule has 3 amide bonds. The van der Waals surface area contributed by atoms with Crippen LogP contribution in [0.2, 0.25) is 0 Å². The molecule has 9 rings (SSSR count). The molecule has 0 unspecified atom stereocenters. The van der Waals surface area contributed by atoms with Gasteiger partial charge in [-0.15, -0.1) is 0 Å². The summed E-state index contributed by atoms with van der Waals surface area (Å²) in [7, 11) is 3.32. The van der Waals surface area contributed by atoms with Crippen LogP contribution in [0, 0.1) is 13.8 Å². The number of benzene rings is 6. The minimum atomic E-state index is -0.585. The largest absolute Gasteiger partial charge is 0.459 e. The first-order valence-corrected chi connectivity index (χ1v) is 27.1. The molecule has 0 spiro atoms. The Balaban J connectivity index is 0.827. The molecule has 1 saturated heterocycles. The molecule has 3 N–H and O–H groups in total. The van der Waals surface area contributed by atoms with E-state index < -0.39 is 23.2 Å². The number of amides is 3. The van der Waals surface area contributed by atoms with E-state index in [1.54, 1.807) is 86.0 Å². The van der Waals surface area contributed by atoms with E-state index in [-0.39, 0.29) is 40.1 Å². The second-order valence-corrected chi connectivity index (χ2v) is 22.6. The van der Waals surface area contributed by atoms with Crippen molar-refractivity contribution in [3.63, 3.8) is 0 Å². The van der Waals surface area contributed by atoms with Gasteiger partial charge in [0.15, 0.2) is 5.82 Å². The SMILES string of the molecule is Cc1c(NC(=O)c2ccc(C(C)(C)C)cc2)cccc1-c1cn(C)c(=O)c(Nc2ccccc2C(=O)OC2CCN(C(=O)c3ccc(Nc4cc(-c5cccc(N(C(=O)c6ccccc6)C(C)(C)C)c5C)cn(C)c4=O)cc3)CC2)n1. The maximum absolute atomic E-state index is 14.0. The Bertz CT molecular complexity index is 3810. The number of nitrogens with one attached hydrogen (secondary N) is 3. The van der Waals surface area contributed by atoms with Gasteiger partial charge in [0, 0.05) is 103 Å². The summed E-state index contributed by atoms with van der Waals surface area (Å²) in [5.74, 6) is -1.13. The fourth-order valence-corrected chi connectivity index (χ4v) is 10.1. The number of carbonyl (C=O) groups is 4. The van der Waals surface area contributed by atoms with E-state index >= 15 is 0 Å². The standard InChI is InChI=1S/C66H68N8O7/c1-41-51(22-16-24-53(41)70-59(75)43-26-30-47(31-27-43)65(3,4)5)56-40-72(10)63(79)58(69-56)68-54-23-15-14-20-52(54)64(80)81-49-34-36-73(37-35-49)60(76)45-28-32-48(33-29-45)67-55-38-46(39-71(9)62(55)78)50-21-17-25-57(42(50)2)74(66(6,7)8)61(77)44-18-12-11-13-19-44/h11-33,38-40,49,67H,34-37H2,1-10H3,(H,68,69)(H,70,75). The molecule has 2 aromatic heterocycles. The van der Waals surface area contributed by atoms with Gasteiger partial charge in [-0.25, -0.2) is 9.78 Å². The Morgan fingerprint density at radius 2 is 1.23 bits per heavy atom. The van der Waals surface area contributed by atoms with Crippen molar-refractivity contribution in [1.82, 2.24) is 19.0 Å². The lowest BCUT2D eigenvalue weighted by atomic mass is 9.86. The zero-order valence-corrected chi connectivity index (χ0v) is 47.5. The van der Waals surface area contributed by atoms with Crippen LogP contribution in [0.4, 0.5) is 34.3 Å². The van der Waals surface area contributed by atoms with Crippen LogP contribution in [0.25, 0.3) is 22.4 Å². The molecule has 0 saturated carbocycles. The number of piperidine rings is 1. The van der Waals surface area contributed by atoms with Crippen molar-refractivity contribution in [1.29, 1.82) is 0 Å². The number of aromatic nitrogens is 3. The van der Waals surface area contributed by atoms with Gasteiger partial charge in [-0.3, -0.25) is 24.0 Å². The molecule has 414 valence electrons. The van der Waals surface area contributed by atoms with E-state index in [1.807, 2.05) is 131 Å². The average molecular weight is 1090 g/mol. The van der Waals surface area contributed by atoms with Crippen LogP contribution < -0.4 is 32.0 Å². The zero-order valence-electron chi connectivity index (χ0n) is 47.5. The second-order valence-electron chi connectivity index (χ2n) is 22.6. The van der Waals surface area contributed by atoms with Gasteiger partial charge in [-0.05, 0) is 141 Å². The Hall–Kier alpha value is -9.37. The molecular formula is C66H68N8O7. The summed E-state index contributed by atoms with van der Waals surface area (Å²) < 4.78 is 8.97. The van der Waals surface area contributed by atoms with Crippen LogP contribution in [0.5, 0.6) is 0 Å². The number of aryl methyl sites for hydroxylation is 2. The van der Waals surface area contributed by atoms with Gasteiger partial charge in [-0.1, -0.05) is 87.5 Å². The predicted octanol–water partition coefficient (Wildman–Crippen LogP) is 12.4. The summed E-state index contributed by atoms with van der Waals surface area (Å²) in [4.78, 5) is 90.4. The summed E-state index contributed by atoms with van der Waals surface area (Å²) in [5.41, 5.74) is 8.78. The summed E-state index contributed by atoms with van der Waals surface area (Å²) in [6, 6.07) is 43.7. The highest BCUT2D eigenvalue weighted by atomic mass is 16.5. The minimum Gasteiger partial charge on any atom is -0.459 e. The van der Waals surface area contributed by atoms with Crippen molar-refractivity contribution in [2.45, 2.75) is 85.3 Å². The summed E-state index contributed by atoms with van der Waals surface area (Å²) in [6.07, 6.45) is 3.78. The van der Waals surface area contributed by atoms with Crippen molar-refractivity contribution in [2.75, 3.05) is 33.9 Å². The van der Waals surface area contributed by atoms with E-state index in [1.165, 1.54) is 9.13 Å². The Morgan fingerprint density at radius 1 is 0.617 bits per heavy atom. The molecule has 81 heavy (non-hydrogen) atoms. The highest BCUT2D eigenvalue weighted by Gasteiger charge is 2.32. The smallest absolute Gasteiger partial charge is 0.340 e. The summed E-state index contributed by atoms with van der Waals surface area (Å²) in [5, 5.41) is 9.40. The molecule has 15 nitrogen and oxygen atoms in total. The number of pyridine rings is 1. The molecule has 1 aliphatic rings. The molecular weight excluding hydrogens is 1020 g/mol. The highest BCUT2D eigenvalue weighted by Crippen LogP contribution is 2.36. The zero-order chi connectivity index (χ0) is 57.9. The first-order valence-electron chi connectivity index (χ1n) is 27.1. The van der Waals surface area contributed by atoms with Gasteiger partial charge in [0.1, 0.15) is 11.8 Å². The van der Waals surface area contributed by atoms with Crippen LogP contribution >= 0.6 is 0 Å². The fraction of sp³-hybridized carbons (Fsp3) is 0.258. The number of anilines is 6. The Kier molecular flexibility index (Phi) is 16.1. The van der Waals surface area contributed by atoms with Gasteiger partial charge < -0.3 is 39.6 Å². The Labute approximate surface area is 472 Å². The maximum Gasteiger partial charge on any atom is 0.340 e. The fourth-order valence-electron chi connectivity index (χ4n) is 10.1. The first-order chi connectivity index (χ1) is 38.5. The normalized spacial score (nSPS) is 12.8. The molecule has 1 aliphatic heterocycles. The number of ether oxygens (including phenoxy) is 1. The summed E-state index contributed by atoms with van der Waals surface area (Å²) >= 11 is 0. The van der Waals surface area contributed by atoms with Crippen LogP contribution in [-0.4, -0.2) is 67.4 Å². The van der Waals surface area contributed by atoms with E-state index in [0.717, 1.165) is 33.5 Å². The third kappa shape index (κ3) is 12.4. The molecule has 8 aromatic rings. The Morgan fingerprint density at radius 3 is 1.91 bits per heavy atom. The van der Waals surface area contributed by atoms with E-state index in [9.17, 15) is 28.8 Å². The molecule has 3 heterocycles. The first kappa shape index (κ1) is 56.4. The summed E-state index contributed by atoms with van der Waals surface area (Å²) in [6.45, 7) is 17.0. The van der Waals surface area contributed by atoms with Gasteiger partial charge in [0.25, 0.3) is 28.8 Å². The minimum absolute atomic E-state index is 0.00681. The van der Waals surface area contributed by atoms with Crippen LogP contribution in [-0.2, 0) is 24.2 Å². The monoisotopic (exact) mass is 1080 g/mol. The predicted molar refractivity (Wildman–Crippen MR) is 321 cm³/mol. The number of carbonyl (C=O) groups excluding carboxylic acids is 4. The third-order valence-electron chi connectivity index (χ3n) is 14.7. The van der Waals surface area contributed by atoms with Crippen LogP contribution in [0.3, 0.4) is 0 Å². The number of nitrogens with zero attached hydrogens (tertiary/aromatic N) is 5. The van der Waals surface area contributed by atoms with E-state index in [0.29, 0.717) is 76.6 Å². The molecule has 15 heteroatoms. The van der Waals surface area contributed by atoms with Crippen molar-refractivity contribution >= 4 is 57.9 Å². The molecule has 0 bridgehead atoms. The van der Waals surface area contributed by atoms with Crippen molar-refractivity contribution in [3.8, 4) is 22.4 Å². The van der Waals surface area contributed by atoms with E-state index in [2.05, 4.69) is 36.7 Å². The number of likely N-dealkylation sites (tertiary alicyclic amines) is 1. The molecule has 0 atom stereocenters. The lowest BCUT2D eigenvalue weighted by Crippen LogP contribution is -2.46. The molecule has 0 radical (unpaired) electrons. The number of rotatable bonds is 13. The lowest BCUT2D eigenvalue weighted by molar-refractivity contribution is 0.0121. The van der Waals surface area contributed by atoms with Gasteiger partial charge >= 0.3 is 5.97 Å². The molecule has 0 aliphatic carbocycles. The third-order valence-corrected chi connectivity index (χ3v) is 14.7. The second kappa shape index (κ2) is 23.1. The van der Waals surface area contributed by atoms with Gasteiger partial charge in [0.2, 0.25) is 0 Å².